The summed E-state index contributed by atoms with van der Waals surface area (Å²) in [5.74, 6) is 0. The summed E-state index contributed by atoms with van der Waals surface area (Å²) >= 11 is 0. The van der Waals surface area contributed by atoms with Crippen LogP contribution in [0.5, 0.6) is 0 Å². The first-order chi connectivity index (χ1) is 9.16. The fraction of sp³-hybridized carbons (Fsp3) is 0.538. The fourth-order valence-corrected chi connectivity index (χ4v) is 2.37. The van der Waals surface area contributed by atoms with Crippen LogP contribution >= 0.6 is 0 Å². The van der Waals surface area contributed by atoms with Crippen LogP contribution < -0.4 is 0 Å². The largest absolute Gasteiger partial charge is 0.387 e. The molecule has 0 bridgehead atoms. The number of aliphatic hydroxyl groups excluding tert-OH is 3. The van der Waals surface area contributed by atoms with Crippen molar-refractivity contribution in [1.29, 1.82) is 0 Å². The lowest BCUT2D eigenvalue weighted by atomic mass is 9.98. The van der Waals surface area contributed by atoms with Crippen LogP contribution in [-0.2, 0) is 14.2 Å². The van der Waals surface area contributed by atoms with E-state index in [0.717, 1.165) is 5.56 Å². The number of hydrogen-bond acceptors (Lipinski definition) is 6. The monoisotopic (exact) mass is 268 g/mol. The molecular weight excluding hydrogens is 252 g/mol. The van der Waals surface area contributed by atoms with Crippen LogP contribution in [0.2, 0.25) is 0 Å². The minimum absolute atomic E-state index is 0.186. The highest BCUT2D eigenvalue weighted by atomic mass is 16.7. The Kier molecular flexibility index (Phi) is 3.53. The van der Waals surface area contributed by atoms with Gasteiger partial charge in [-0.2, -0.15) is 0 Å². The van der Waals surface area contributed by atoms with Gasteiger partial charge in [-0.05, 0) is 0 Å². The van der Waals surface area contributed by atoms with Gasteiger partial charge >= 0.3 is 0 Å². The van der Waals surface area contributed by atoms with Gasteiger partial charge in [0.2, 0.25) is 0 Å². The normalized spacial score (nSPS) is 42.7. The van der Waals surface area contributed by atoms with Crippen LogP contribution in [-0.4, -0.2) is 52.6 Å². The molecule has 1 aromatic rings. The Balaban J connectivity index is 1.75. The first-order valence-corrected chi connectivity index (χ1v) is 6.18. The van der Waals surface area contributed by atoms with Crippen molar-refractivity contribution in [1.82, 2.24) is 0 Å². The summed E-state index contributed by atoms with van der Waals surface area (Å²) in [5, 5.41) is 29.0. The second-order valence-electron chi connectivity index (χ2n) is 4.72. The van der Waals surface area contributed by atoms with Crippen molar-refractivity contribution in [3.63, 3.8) is 0 Å². The highest BCUT2D eigenvalue weighted by molar-refractivity contribution is 5.16. The van der Waals surface area contributed by atoms with Gasteiger partial charge in [-0.25, -0.2) is 0 Å². The molecule has 0 aromatic heterocycles. The lowest BCUT2D eigenvalue weighted by Gasteiger charge is -2.45. The van der Waals surface area contributed by atoms with E-state index in [1.807, 2.05) is 30.3 Å². The van der Waals surface area contributed by atoms with Gasteiger partial charge in [-0.15, -0.1) is 0 Å². The molecule has 1 aromatic carbocycles. The molecule has 6 atom stereocenters. The zero-order valence-electron chi connectivity index (χ0n) is 10.1. The van der Waals surface area contributed by atoms with Gasteiger partial charge in [0.1, 0.15) is 24.4 Å². The molecule has 0 radical (unpaired) electrons. The molecule has 19 heavy (non-hydrogen) atoms. The molecule has 2 saturated heterocycles. The third-order valence-electron chi connectivity index (χ3n) is 3.42. The lowest BCUT2D eigenvalue weighted by molar-refractivity contribution is -0.354. The van der Waals surface area contributed by atoms with Crippen LogP contribution in [0, 0.1) is 0 Å². The lowest BCUT2D eigenvalue weighted by Crippen LogP contribution is -2.61. The van der Waals surface area contributed by atoms with Crippen LogP contribution in [0.4, 0.5) is 0 Å². The van der Waals surface area contributed by atoms with Crippen molar-refractivity contribution in [2.45, 2.75) is 37.0 Å². The molecule has 6 heteroatoms. The van der Waals surface area contributed by atoms with Crippen molar-refractivity contribution < 1.29 is 29.5 Å². The minimum Gasteiger partial charge on any atom is -0.387 e. The van der Waals surface area contributed by atoms with E-state index in [1.165, 1.54) is 0 Å². The Morgan fingerprint density at radius 1 is 0.947 bits per heavy atom. The van der Waals surface area contributed by atoms with Gasteiger partial charge in [0.25, 0.3) is 0 Å². The van der Waals surface area contributed by atoms with Crippen molar-refractivity contribution >= 4 is 0 Å². The third-order valence-corrected chi connectivity index (χ3v) is 3.42. The van der Waals surface area contributed by atoms with Crippen molar-refractivity contribution in [2.75, 3.05) is 6.61 Å². The molecule has 0 unspecified atom stereocenters. The summed E-state index contributed by atoms with van der Waals surface area (Å²) in [5.41, 5.74) is 0.828. The molecule has 0 spiro atoms. The summed E-state index contributed by atoms with van der Waals surface area (Å²) in [6.07, 6.45) is -5.93. The first kappa shape index (κ1) is 13.0. The summed E-state index contributed by atoms with van der Waals surface area (Å²) in [6, 6.07) is 9.31. The third kappa shape index (κ3) is 2.38. The molecule has 0 aliphatic carbocycles. The van der Waals surface area contributed by atoms with Gasteiger partial charge in [-0.1, -0.05) is 30.3 Å². The molecule has 6 nitrogen and oxygen atoms in total. The highest BCUT2D eigenvalue weighted by Crippen LogP contribution is 2.33. The molecule has 2 aliphatic rings. The number of hydrogen-bond donors (Lipinski definition) is 3. The number of ether oxygens (including phenoxy) is 3. The van der Waals surface area contributed by atoms with Crippen molar-refractivity contribution in [2.24, 2.45) is 0 Å². The molecule has 2 heterocycles. The standard InChI is InChI=1S/C13H16O6/c14-9-10(15)12(16)18-8-6-17-13(19-11(8)9)7-4-2-1-3-5-7/h1-5,8-16H,6H2/t8-,9-,10+,11-,12-,13+/m1/s1. The van der Waals surface area contributed by atoms with Crippen molar-refractivity contribution in [3.8, 4) is 0 Å². The quantitative estimate of drug-likeness (QED) is 0.639. The van der Waals surface area contributed by atoms with E-state index in [4.69, 9.17) is 14.2 Å². The summed E-state index contributed by atoms with van der Waals surface area (Å²) in [6.45, 7) is 0.186. The molecule has 3 rings (SSSR count). The minimum atomic E-state index is -1.42. The predicted molar refractivity (Wildman–Crippen MR) is 62.9 cm³/mol. The average Bonchev–Trinajstić information content (AvgIpc) is 2.46. The summed E-state index contributed by atoms with van der Waals surface area (Å²) < 4.78 is 16.3. The molecule has 2 fully saturated rings. The van der Waals surface area contributed by atoms with Crippen LogP contribution in [0.25, 0.3) is 0 Å². The number of aliphatic hydroxyl groups is 3. The first-order valence-electron chi connectivity index (χ1n) is 6.18. The van der Waals surface area contributed by atoms with E-state index in [2.05, 4.69) is 0 Å². The van der Waals surface area contributed by atoms with Gasteiger partial charge in [0.05, 0.1) is 6.61 Å². The fourth-order valence-electron chi connectivity index (χ4n) is 2.37. The second-order valence-corrected chi connectivity index (χ2v) is 4.72. The Labute approximate surface area is 110 Å². The molecular formula is C13H16O6. The zero-order valence-corrected chi connectivity index (χ0v) is 10.1. The SMILES string of the molecule is O[C@@H]1[C@H](O)[C@H](O)O[C@@H]2CO[C@H](c3ccccc3)O[C@@H]12. The van der Waals surface area contributed by atoms with Crippen LogP contribution in [0.3, 0.4) is 0 Å². The van der Waals surface area contributed by atoms with Crippen LogP contribution in [0.1, 0.15) is 11.9 Å². The van der Waals surface area contributed by atoms with Crippen molar-refractivity contribution in [3.05, 3.63) is 35.9 Å². The molecule has 104 valence electrons. The predicted octanol–water partition coefficient (Wildman–Crippen LogP) is -0.460. The van der Waals surface area contributed by atoms with E-state index in [1.54, 1.807) is 0 Å². The second kappa shape index (κ2) is 5.16. The van der Waals surface area contributed by atoms with Gasteiger partial charge in [0.15, 0.2) is 12.6 Å². The van der Waals surface area contributed by atoms with E-state index in [-0.39, 0.29) is 6.61 Å². The van der Waals surface area contributed by atoms with E-state index in [9.17, 15) is 15.3 Å². The Morgan fingerprint density at radius 2 is 1.68 bits per heavy atom. The van der Waals surface area contributed by atoms with Gasteiger partial charge in [0, 0.05) is 5.56 Å². The molecule has 0 saturated carbocycles. The summed E-state index contributed by atoms with van der Waals surface area (Å²) in [4.78, 5) is 0. The van der Waals surface area contributed by atoms with E-state index >= 15 is 0 Å². The van der Waals surface area contributed by atoms with Crippen LogP contribution in [0.15, 0.2) is 30.3 Å². The average molecular weight is 268 g/mol. The Bertz CT molecular complexity index is 422. The molecule has 0 amide bonds. The van der Waals surface area contributed by atoms with E-state index in [0.29, 0.717) is 0 Å². The smallest absolute Gasteiger partial charge is 0.184 e. The van der Waals surface area contributed by atoms with Gasteiger partial charge < -0.3 is 29.5 Å². The highest BCUT2D eigenvalue weighted by Gasteiger charge is 2.48. The maximum atomic E-state index is 9.94. The Morgan fingerprint density at radius 3 is 2.42 bits per heavy atom. The zero-order chi connectivity index (χ0) is 13.4. The number of benzene rings is 1. The topological polar surface area (TPSA) is 88.4 Å². The maximum Gasteiger partial charge on any atom is 0.184 e. The summed E-state index contributed by atoms with van der Waals surface area (Å²) in [7, 11) is 0. The number of rotatable bonds is 1. The number of fused-ring (bicyclic) bond motifs is 1. The van der Waals surface area contributed by atoms with E-state index < -0.39 is 37.0 Å². The molecule has 2 aliphatic heterocycles. The van der Waals surface area contributed by atoms with Gasteiger partial charge in [-0.3, -0.25) is 0 Å². The Hall–Kier alpha value is -1.02. The molecule has 3 N–H and O–H groups in total. The maximum absolute atomic E-state index is 9.94.